The first kappa shape index (κ1) is 21.0. The first-order chi connectivity index (χ1) is 15.0. The number of carbonyl (C=O) groups excluding carboxylic acids is 3. The number of urea groups is 1. The zero-order chi connectivity index (χ0) is 22.1. The summed E-state index contributed by atoms with van der Waals surface area (Å²) in [5, 5.41) is 2.88. The van der Waals surface area contributed by atoms with Crippen LogP contribution in [0.4, 0.5) is 4.79 Å². The number of likely N-dealkylation sites (N-methyl/N-ethyl adjacent to an activating group) is 1. The summed E-state index contributed by atoms with van der Waals surface area (Å²) in [7, 11) is 4.65. The van der Waals surface area contributed by atoms with Gasteiger partial charge in [-0.15, -0.1) is 0 Å². The van der Waals surface area contributed by atoms with E-state index in [0.29, 0.717) is 54.6 Å². The van der Waals surface area contributed by atoms with Crippen LogP contribution in [0.2, 0.25) is 0 Å². The van der Waals surface area contributed by atoms with Crippen molar-refractivity contribution in [1.82, 2.24) is 20.0 Å². The van der Waals surface area contributed by atoms with Crippen LogP contribution in [0.25, 0.3) is 0 Å². The Morgan fingerprint density at radius 1 is 1.19 bits per heavy atom. The first-order valence-electron chi connectivity index (χ1n) is 10.1. The summed E-state index contributed by atoms with van der Waals surface area (Å²) in [4.78, 5) is 43.3. The second-order valence-corrected chi connectivity index (χ2v) is 7.54. The van der Waals surface area contributed by atoms with E-state index in [-0.39, 0.29) is 30.9 Å². The number of nitrogens with zero attached hydrogens (tertiary/aromatic N) is 3. The third-order valence-corrected chi connectivity index (χ3v) is 5.87. The predicted octanol–water partition coefficient (Wildman–Crippen LogP) is 0.355. The summed E-state index contributed by atoms with van der Waals surface area (Å²) in [5.74, 6) is 0.537. The molecule has 1 atom stereocenters. The number of hydrogen-bond acceptors (Lipinski definition) is 6. The number of methoxy groups -OCH3 is 2. The molecule has 0 saturated carbocycles. The van der Waals surface area contributed by atoms with Crippen molar-refractivity contribution in [1.29, 1.82) is 0 Å². The fraction of sp³-hybridized carbons (Fsp3) is 0.476. The van der Waals surface area contributed by atoms with Gasteiger partial charge in [0.15, 0.2) is 11.5 Å². The van der Waals surface area contributed by atoms with Gasteiger partial charge in [-0.05, 0) is 6.07 Å². The maximum absolute atomic E-state index is 13.4. The number of ether oxygens (including phenoxy) is 3. The fourth-order valence-corrected chi connectivity index (χ4v) is 4.20. The summed E-state index contributed by atoms with van der Waals surface area (Å²) in [6.45, 7) is 2.16. The van der Waals surface area contributed by atoms with Gasteiger partial charge in [0.1, 0.15) is 6.54 Å². The number of amides is 4. The molecule has 10 nitrogen and oxygen atoms in total. The highest BCUT2D eigenvalue weighted by Crippen LogP contribution is 2.42. The maximum Gasteiger partial charge on any atom is 0.322 e. The molecule has 0 spiro atoms. The van der Waals surface area contributed by atoms with Crippen LogP contribution in [-0.4, -0.2) is 93.2 Å². The zero-order valence-electron chi connectivity index (χ0n) is 17.8. The first-order valence-corrected chi connectivity index (χ1v) is 10.1. The van der Waals surface area contributed by atoms with Crippen molar-refractivity contribution in [3.63, 3.8) is 0 Å². The van der Waals surface area contributed by atoms with E-state index >= 15 is 0 Å². The molecule has 1 N–H and O–H groups in total. The highest BCUT2D eigenvalue weighted by atomic mass is 16.5. The summed E-state index contributed by atoms with van der Waals surface area (Å²) >= 11 is 0. The molecule has 4 amide bonds. The molecule has 1 fully saturated rings. The lowest BCUT2D eigenvalue weighted by Gasteiger charge is -2.31. The SMILES string of the molecule is COc1cccc([C@@H]2NC(=O)N(C)C3=C2C(=O)N(CC(=O)N2CCOCC2)C3)c1OC. The smallest absolute Gasteiger partial charge is 0.322 e. The van der Waals surface area contributed by atoms with Crippen molar-refractivity contribution < 1.29 is 28.6 Å². The molecule has 1 aromatic rings. The second kappa shape index (κ2) is 8.46. The Bertz CT molecular complexity index is 940. The number of morpholine rings is 1. The van der Waals surface area contributed by atoms with E-state index in [1.165, 1.54) is 24.0 Å². The monoisotopic (exact) mass is 430 g/mol. The van der Waals surface area contributed by atoms with E-state index in [1.54, 1.807) is 30.1 Å². The third kappa shape index (κ3) is 3.67. The van der Waals surface area contributed by atoms with Crippen LogP contribution >= 0.6 is 0 Å². The molecule has 166 valence electrons. The minimum atomic E-state index is -0.709. The van der Waals surface area contributed by atoms with E-state index < -0.39 is 6.04 Å². The van der Waals surface area contributed by atoms with Gasteiger partial charge in [0, 0.05) is 25.7 Å². The van der Waals surface area contributed by atoms with Gasteiger partial charge in [-0.2, -0.15) is 0 Å². The van der Waals surface area contributed by atoms with Crippen molar-refractivity contribution in [2.75, 3.05) is 60.7 Å². The third-order valence-electron chi connectivity index (χ3n) is 5.87. The Morgan fingerprint density at radius 2 is 1.94 bits per heavy atom. The van der Waals surface area contributed by atoms with Gasteiger partial charge >= 0.3 is 6.03 Å². The van der Waals surface area contributed by atoms with Crippen LogP contribution in [-0.2, 0) is 14.3 Å². The average molecular weight is 430 g/mol. The van der Waals surface area contributed by atoms with E-state index in [4.69, 9.17) is 14.2 Å². The standard InChI is InChI=1S/C21H26N4O6/c1-23-14-11-25(12-16(26)24-7-9-31-10-8-24)20(27)17(14)18(22-21(23)28)13-5-4-6-15(29-2)19(13)30-3/h4-6,18H,7-12H2,1-3H3,(H,22,28)/t18-/m0/s1. The molecule has 1 aromatic carbocycles. The van der Waals surface area contributed by atoms with Crippen LogP contribution in [0.1, 0.15) is 11.6 Å². The van der Waals surface area contributed by atoms with Gasteiger partial charge in [-0.25, -0.2) is 4.79 Å². The van der Waals surface area contributed by atoms with E-state index in [9.17, 15) is 14.4 Å². The molecule has 3 aliphatic rings. The normalized spacial score (nSPS) is 21.3. The van der Waals surface area contributed by atoms with Crippen molar-refractivity contribution in [2.45, 2.75) is 6.04 Å². The van der Waals surface area contributed by atoms with Crippen molar-refractivity contribution >= 4 is 17.8 Å². The van der Waals surface area contributed by atoms with Crippen LogP contribution in [0, 0.1) is 0 Å². The molecule has 0 bridgehead atoms. The number of nitrogens with one attached hydrogen (secondary N) is 1. The number of benzene rings is 1. The molecule has 0 radical (unpaired) electrons. The van der Waals surface area contributed by atoms with E-state index in [1.807, 2.05) is 0 Å². The summed E-state index contributed by atoms with van der Waals surface area (Å²) < 4.78 is 16.2. The second-order valence-electron chi connectivity index (χ2n) is 7.54. The lowest BCUT2D eigenvalue weighted by atomic mass is 9.94. The largest absolute Gasteiger partial charge is 0.493 e. The molecule has 0 aliphatic carbocycles. The van der Waals surface area contributed by atoms with Crippen molar-refractivity contribution in [3.8, 4) is 11.5 Å². The van der Waals surface area contributed by atoms with Gasteiger partial charge in [0.05, 0.1) is 51.3 Å². The Balaban J connectivity index is 1.64. The minimum Gasteiger partial charge on any atom is -0.493 e. The molecular weight excluding hydrogens is 404 g/mol. The van der Waals surface area contributed by atoms with Gasteiger partial charge in [-0.3, -0.25) is 14.5 Å². The molecular formula is C21H26N4O6. The number of para-hydroxylation sites is 1. The molecule has 3 heterocycles. The van der Waals surface area contributed by atoms with Crippen LogP contribution in [0.15, 0.2) is 29.5 Å². The Morgan fingerprint density at radius 3 is 2.61 bits per heavy atom. The summed E-state index contributed by atoms with van der Waals surface area (Å²) in [6.07, 6.45) is 0. The highest BCUT2D eigenvalue weighted by molar-refractivity contribution is 6.03. The minimum absolute atomic E-state index is 0.0458. The average Bonchev–Trinajstić information content (AvgIpc) is 3.12. The zero-order valence-corrected chi connectivity index (χ0v) is 17.8. The molecule has 1 saturated heterocycles. The fourth-order valence-electron chi connectivity index (χ4n) is 4.20. The van der Waals surface area contributed by atoms with Crippen LogP contribution in [0.3, 0.4) is 0 Å². The van der Waals surface area contributed by atoms with Crippen molar-refractivity contribution in [2.24, 2.45) is 0 Å². The van der Waals surface area contributed by atoms with Crippen LogP contribution < -0.4 is 14.8 Å². The van der Waals surface area contributed by atoms with Crippen LogP contribution in [0.5, 0.6) is 11.5 Å². The molecule has 0 unspecified atom stereocenters. The molecule has 0 aromatic heterocycles. The Kier molecular flexibility index (Phi) is 5.73. The number of rotatable bonds is 5. The van der Waals surface area contributed by atoms with Crippen molar-refractivity contribution in [3.05, 3.63) is 35.0 Å². The molecule has 3 aliphatic heterocycles. The van der Waals surface area contributed by atoms with E-state index in [0.717, 1.165) is 0 Å². The number of carbonyl (C=O) groups is 3. The summed E-state index contributed by atoms with van der Waals surface area (Å²) in [6, 6.07) is 4.28. The lowest BCUT2D eigenvalue weighted by molar-refractivity contribution is -0.140. The van der Waals surface area contributed by atoms with Gasteiger partial charge < -0.3 is 29.3 Å². The van der Waals surface area contributed by atoms with Gasteiger partial charge in [0.2, 0.25) is 5.91 Å². The lowest BCUT2D eigenvalue weighted by Crippen LogP contribution is -2.46. The van der Waals surface area contributed by atoms with Gasteiger partial charge in [-0.1, -0.05) is 12.1 Å². The quantitative estimate of drug-likeness (QED) is 0.724. The predicted molar refractivity (Wildman–Crippen MR) is 110 cm³/mol. The topological polar surface area (TPSA) is 101 Å². The van der Waals surface area contributed by atoms with E-state index in [2.05, 4.69) is 5.32 Å². The molecule has 10 heteroatoms. The van der Waals surface area contributed by atoms with Gasteiger partial charge in [0.25, 0.3) is 5.91 Å². The Labute approximate surface area is 180 Å². The highest BCUT2D eigenvalue weighted by Gasteiger charge is 2.44. The summed E-state index contributed by atoms with van der Waals surface area (Å²) in [5.41, 5.74) is 1.63. The number of hydrogen-bond donors (Lipinski definition) is 1. The molecule has 31 heavy (non-hydrogen) atoms. The Hall–Kier alpha value is -3.27. The molecule has 4 rings (SSSR count). The maximum atomic E-state index is 13.4.